The lowest BCUT2D eigenvalue weighted by Crippen LogP contribution is -2.45. The summed E-state index contributed by atoms with van der Waals surface area (Å²) >= 11 is 0. The molecule has 4 nitrogen and oxygen atoms in total. The summed E-state index contributed by atoms with van der Waals surface area (Å²) in [4.78, 5) is 2.23. The summed E-state index contributed by atoms with van der Waals surface area (Å²) in [5.74, 6) is -4.29. The summed E-state index contributed by atoms with van der Waals surface area (Å²) in [5.41, 5.74) is 0. The molecule has 2 rings (SSSR count). The van der Waals surface area contributed by atoms with Crippen molar-refractivity contribution in [2.45, 2.75) is 64.0 Å². The maximum absolute atomic E-state index is 13.9. The molecule has 2 fully saturated rings. The van der Waals surface area contributed by atoms with Gasteiger partial charge in [0.2, 0.25) is 10.0 Å². The van der Waals surface area contributed by atoms with Crippen LogP contribution in [0.15, 0.2) is 0 Å². The van der Waals surface area contributed by atoms with Crippen LogP contribution in [0.5, 0.6) is 0 Å². The van der Waals surface area contributed by atoms with Gasteiger partial charge in [0.05, 0.1) is 5.75 Å². The van der Waals surface area contributed by atoms with E-state index in [2.05, 4.69) is 18.7 Å². The van der Waals surface area contributed by atoms with Gasteiger partial charge in [-0.2, -0.15) is 0 Å². The maximum atomic E-state index is 13.9. The standard InChI is InChI=1S/C15H28F2N2O2S/c1-12(2)19-9-7-14(10-19)18(3)22(20,21)11-13-6-4-5-8-15(13,16)17/h12-14H,4-11H2,1-3H3. The Morgan fingerprint density at radius 3 is 2.50 bits per heavy atom. The molecule has 22 heavy (non-hydrogen) atoms. The van der Waals surface area contributed by atoms with E-state index in [1.807, 2.05) is 0 Å². The van der Waals surface area contributed by atoms with Crippen molar-refractivity contribution >= 4 is 10.0 Å². The Kier molecular flexibility index (Phi) is 5.50. The minimum Gasteiger partial charge on any atom is -0.299 e. The van der Waals surface area contributed by atoms with E-state index in [0.29, 0.717) is 31.8 Å². The quantitative estimate of drug-likeness (QED) is 0.773. The topological polar surface area (TPSA) is 40.6 Å². The molecule has 1 heterocycles. The molecule has 0 aromatic heterocycles. The van der Waals surface area contributed by atoms with E-state index in [4.69, 9.17) is 0 Å². The summed E-state index contributed by atoms with van der Waals surface area (Å²) in [5, 5.41) is 0. The van der Waals surface area contributed by atoms with Crippen LogP contribution in [-0.4, -0.2) is 61.5 Å². The summed E-state index contributed by atoms with van der Waals surface area (Å²) in [6.07, 6.45) is 2.09. The molecule has 2 atom stereocenters. The first-order valence-corrected chi connectivity index (χ1v) is 9.82. The summed E-state index contributed by atoms with van der Waals surface area (Å²) in [6.45, 7) is 5.72. The van der Waals surface area contributed by atoms with Crippen LogP contribution >= 0.6 is 0 Å². The van der Waals surface area contributed by atoms with Crippen molar-refractivity contribution in [1.29, 1.82) is 0 Å². The largest absolute Gasteiger partial charge is 0.299 e. The first kappa shape index (κ1) is 18.1. The van der Waals surface area contributed by atoms with Gasteiger partial charge in [0.25, 0.3) is 5.92 Å². The van der Waals surface area contributed by atoms with E-state index in [1.165, 1.54) is 4.31 Å². The number of sulfonamides is 1. The number of likely N-dealkylation sites (tertiary alicyclic amines) is 1. The number of nitrogens with zero attached hydrogens (tertiary/aromatic N) is 2. The molecule has 7 heteroatoms. The zero-order valence-corrected chi connectivity index (χ0v) is 14.6. The number of halogens is 2. The van der Waals surface area contributed by atoms with Crippen molar-refractivity contribution < 1.29 is 17.2 Å². The van der Waals surface area contributed by atoms with Gasteiger partial charge in [0.15, 0.2) is 0 Å². The molecular formula is C15H28F2N2O2S. The number of rotatable bonds is 5. The zero-order valence-electron chi connectivity index (χ0n) is 13.8. The average Bonchev–Trinajstić information content (AvgIpc) is 2.90. The van der Waals surface area contributed by atoms with Gasteiger partial charge in [-0.1, -0.05) is 6.42 Å². The van der Waals surface area contributed by atoms with Gasteiger partial charge >= 0.3 is 0 Å². The smallest absolute Gasteiger partial charge is 0.251 e. The Bertz CT molecular complexity index is 482. The third kappa shape index (κ3) is 3.97. The molecule has 1 saturated carbocycles. The average molecular weight is 338 g/mol. The Hall–Kier alpha value is -0.270. The van der Waals surface area contributed by atoms with Crippen LogP contribution in [0, 0.1) is 5.92 Å². The minimum absolute atomic E-state index is 0.0930. The second-order valence-electron chi connectivity index (χ2n) is 7.03. The SMILES string of the molecule is CC(C)N1CCC(N(C)S(=O)(=O)CC2CCCCC2(F)F)C1. The fourth-order valence-corrected chi connectivity index (χ4v) is 5.29. The van der Waals surface area contributed by atoms with E-state index >= 15 is 0 Å². The highest BCUT2D eigenvalue weighted by molar-refractivity contribution is 7.89. The molecule has 0 amide bonds. The number of likely N-dealkylation sites (N-methyl/N-ethyl adjacent to an activating group) is 1. The molecule has 2 aliphatic rings. The fourth-order valence-electron chi connectivity index (χ4n) is 3.50. The zero-order chi connectivity index (χ0) is 16.5. The van der Waals surface area contributed by atoms with Crippen LogP contribution in [0.4, 0.5) is 8.78 Å². The van der Waals surface area contributed by atoms with E-state index in [-0.39, 0.29) is 12.5 Å². The number of hydrogen-bond donors (Lipinski definition) is 0. The van der Waals surface area contributed by atoms with Crippen molar-refractivity contribution in [3.05, 3.63) is 0 Å². The first-order chi connectivity index (χ1) is 10.1. The lowest BCUT2D eigenvalue weighted by molar-refractivity contribution is -0.0773. The second kappa shape index (κ2) is 6.69. The highest BCUT2D eigenvalue weighted by Crippen LogP contribution is 2.39. The van der Waals surface area contributed by atoms with E-state index in [9.17, 15) is 17.2 Å². The molecule has 0 spiro atoms. The molecule has 0 radical (unpaired) electrons. The lowest BCUT2D eigenvalue weighted by Gasteiger charge is -2.33. The summed E-state index contributed by atoms with van der Waals surface area (Å²) in [6, 6.07) is 0.286. The Balaban J connectivity index is 2.01. The van der Waals surface area contributed by atoms with Gasteiger partial charge in [-0.25, -0.2) is 21.5 Å². The Labute approximate surface area is 132 Å². The summed E-state index contributed by atoms with van der Waals surface area (Å²) in [7, 11) is -2.09. The molecular weight excluding hydrogens is 310 g/mol. The maximum Gasteiger partial charge on any atom is 0.251 e. The van der Waals surface area contributed by atoms with Crippen LogP contribution in [0.1, 0.15) is 46.0 Å². The van der Waals surface area contributed by atoms with Crippen LogP contribution < -0.4 is 0 Å². The van der Waals surface area contributed by atoms with E-state index in [0.717, 1.165) is 13.0 Å². The fraction of sp³-hybridized carbons (Fsp3) is 1.00. The highest BCUT2D eigenvalue weighted by Gasteiger charge is 2.45. The Morgan fingerprint density at radius 2 is 1.95 bits per heavy atom. The van der Waals surface area contributed by atoms with Crippen molar-refractivity contribution in [3.8, 4) is 0 Å². The van der Waals surface area contributed by atoms with Crippen LogP contribution in [-0.2, 0) is 10.0 Å². The third-order valence-corrected chi connectivity index (χ3v) is 7.20. The Morgan fingerprint density at radius 1 is 1.27 bits per heavy atom. The van der Waals surface area contributed by atoms with Crippen molar-refractivity contribution in [1.82, 2.24) is 9.21 Å². The number of alkyl halides is 2. The predicted molar refractivity (Wildman–Crippen MR) is 83.6 cm³/mol. The van der Waals surface area contributed by atoms with Crippen LogP contribution in [0.2, 0.25) is 0 Å². The summed E-state index contributed by atoms with van der Waals surface area (Å²) < 4.78 is 54.2. The molecule has 0 bridgehead atoms. The highest BCUT2D eigenvalue weighted by atomic mass is 32.2. The second-order valence-corrected chi connectivity index (χ2v) is 9.10. The molecule has 0 aromatic carbocycles. The molecule has 1 saturated heterocycles. The van der Waals surface area contributed by atoms with E-state index in [1.54, 1.807) is 7.05 Å². The minimum atomic E-state index is -3.64. The van der Waals surface area contributed by atoms with Gasteiger partial charge in [-0.15, -0.1) is 0 Å². The number of hydrogen-bond acceptors (Lipinski definition) is 3. The van der Waals surface area contributed by atoms with Crippen molar-refractivity contribution in [3.63, 3.8) is 0 Å². The predicted octanol–water partition coefficient (Wildman–Crippen LogP) is 2.56. The lowest BCUT2D eigenvalue weighted by atomic mass is 9.87. The monoisotopic (exact) mass is 338 g/mol. The van der Waals surface area contributed by atoms with Crippen LogP contribution in [0.3, 0.4) is 0 Å². The van der Waals surface area contributed by atoms with Gasteiger partial charge in [-0.05, 0) is 33.1 Å². The van der Waals surface area contributed by atoms with Gasteiger partial charge < -0.3 is 0 Å². The van der Waals surface area contributed by atoms with Gasteiger partial charge in [0.1, 0.15) is 0 Å². The van der Waals surface area contributed by atoms with Crippen LogP contribution in [0.25, 0.3) is 0 Å². The first-order valence-electron chi connectivity index (χ1n) is 8.21. The van der Waals surface area contributed by atoms with Gasteiger partial charge in [-0.3, -0.25) is 4.90 Å². The van der Waals surface area contributed by atoms with E-state index < -0.39 is 27.6 Å². The van der Waals surface area contributed by atoms with Crippen molar-refractivity contribution in [2.24, 2.45) is 5.92 Å². The molecule has 2 unspecified atom stereocenters. The van der Waals surface area contributed by atoms with Crippen molar-refractivity contribution in [2.75, 3.05) is 25.9 Å². The molecule has 130 valence electrons. The van der Waals surface area contributed by atoms with Gasteiger partial charge in [0, 0.05) is 44.6 Å². The molecule has 1 aliphatic carbocycles. The normalized spacial score (nSPS) is 30.3. The molecule has 0 aromatic rings. The third-order valence-electron chi connectivity index (χ3n) is 5.20. The molecule has 1 aliphatic heterocycles. The molecule has 0 N–H and O–H groups in total.